The zero-order valence-corrected chi connectivity index (χ0v) is 20.8. The van der Waals surface area contributed by atoms with Crippen molar-refractivity contribution in [3.05, 3.63) is 0 Å². The van der Waals surface area contributed by atoms with Crippen LogP contribution in [0.4, 0.5) is 0 Å². The molecule has 3 rings (SSSR count). The fraction of sp³-hybridized carbons (Fsp3) is 0.960. The molecule has 0 bridgehead atoms. The van der Waals surface area contributed by atoms with Crippen molar-refractivity contribution in [1.29, 1.82) is 0 Å². The fourth-order valence-corrected chi connectivity index (χ4v) is 5.58. The Morgan fingerprint density at radius 3 is 1.60 bits per heavy atom. The van der Waals surface area contributed by atoms with Gasteiger partial charge in [-0.1, -0.05) is 20.8 Å². The first-order valence-corrected chi connectivity index (χ1v) is 12.5. The van der Waals surface area contributed by atoms with Crippen LogP contribution in [0.25, 0.3) is 0 Å². The van der Waals surface area contributed by atoms with E-state index in [1.54, 1.807) is 0 Å². The van der Waals surface area contributed by atoms with Gasteiger partial charge in [-0.3, -0.25) is 19.5 Å². The van der Waals surface area contributed by atoms with E-state index < -0.39 is 0 Å². The zero-order chi connectivity index (χ0) is 21.9. The molecule has 0 aromatic rings. The first-order chi connectivity index (χ1) is 14.0. The molecule has 3 fully saturated rings. The van der Waals surface area contributed by atoms with E-state index in [2.05, 4.69) is 61.1 Å². The van der Waals surface area contributed by atoms with Gasteiger partial charge in [-0.05, 0) is 57.8 Å². The van der Waals surface area contributed by atoms with Gasteiger partial charge in [-0.2, -0.15) is 0 Å². The highest BCUT2D eigenvalue weighted by Crippen LogP contribution is 2.40. The van der Waals surface area contributed by atoms with E-state index >= 15 is 0 Å². The van der Waals surface area contributed by atoms with Gasteiger partial charge in [0.25, 0.3) is 0 Å². The quantitative estimate of drug-likeness (QED) is 0.697. The maximum Gasteiger partial charge on any atom is 0.225 e. The van der Waals surface area contributed by atoms with Crippen LogP contribution in [0.15, 0.2) is 0 Å². The molecule has 0 unspecified atom stereocenters. The van der Waals surface area contributed by atoms with E-state index in [4.69, 9.17) is 0 Å². The molecule has 30 heavy (non-hydrogen) atoms. The molecule has 0 spiro atoms. The number of carbonyl (C=O) groups is 1. The van der Waals surface area contributed by atoms with Crippen LogP contribution in [-0.4, -0.2) is 96.5 Å². The Kier molecular flexibility index (Phi) is 7.90. The SMILES string of the molecule is CC(C)(C)C1CCC(C(=O)N2CCN(CCN3CCN(C(C)(C)C)CC3)CC2)CC1. The van der Waals surface area contributed by atoms with Gasteiger partial charge >= 0.3 is 0 Å². The molecule has 0 atom stereocenters. The Hall–Kier alpha value is -0.650. The van der Waals surface area contributed by atoms with Crippen LogP contribution in [-0.2, 0) is 4.79 Å². The monoisotopic (exact) mass is 420 g/mol. The first-order valence-electron chi connectivity index (χ1n) is 12.5. The Balaban J connectivity index is 1.33. The summed E-state index contributed by atoms with van der Waals surface area (Å²) in [7, 11) is 0. The van der Waals surface area contributed by atoms with Crippen molar-refractivity contribution < 1.29 is 4.79 Å². The molecule has 2 heterocycles. The molecular weight excluding hydrogens is 372 g/mol. The van der Waals surface area contributed by atoms with E-state index in [9.17, 15) is 4.79 Å². The molecule has 1 aliphatic carbocycles. The average molecular weight is 421 g/mol. The maximum atomic E-state index is 13.0. The predicted molar refractivity (Wildman–Crippen MR) is 126 cm³/mol. The second-order valence-corrected chi connectivity index (χ2v) is 12.1. The van der Waals surface area contributed by atoms with E-state index in [1.165, 1.54) is 45.6 Å². The number of piperazine rings is 2. The summed E-state index contributed by atoms with van der Waals surface area (Å²) in [5.74, 6) is 1.51. The van der Waals surface area contributed by atoms with Gasteiger partial charge in [0.05, 0.1) is 0 Å². The minimum Gasteiger partial charge on any atom is -0.340 e. The van der Waals surface area contributed by atoms with Gasteiger partial charge in [0.1, 0.15) is 0 Å². The molecule has 1 amide bonds. The molecule has 2 aliphatic heterocycles. The van der Waals surface area contributed by atoms with Crippen LogP contribution in [0, 0.1) is 17.3 Å². The third kappa shape index (κ3) is 6.43. The van der Waals surface area contributed by atoms with Gasteiger partial charge in [-0.25, -0.2) is 0 Å². The predicted octanol–water partition coefficient (Wildman–Crippen LogP) is 3.40. The molecule has 3 aliphatic rings. The third-order valence-corrected chi connectivity index (χ3v) is 8.04. The molecule has 0 radical (unpaired) electrons. The summed E-state index contributed by atoms with van der Waals surface area (Å²) in [6.45, 7) is 25.0. The van der Waals surface area contributed by atoms with Gasteiger partial charge in [0.2, 0.25) is 5.91 Å². The van der Waals surface area contributed by atoms with Gasteiger partial charge in [-0.15, -0.1) is 0 Å². The van der Waals surface area contributed by atoms with Gasteiger partial charge in [0, 0.05) is 76.9 Å². The standard InChI is InChI=1S/C25H48N4O/c1-24(2,3)22-9-7-21(8-10-22)23(30)28-17-13-26(14-18-28)11-12-27-15-19-29(20-16-27)25(4,5)6/h21-22H,7-20H2,1-6H3. The minimum atomic E-state index is 0.286. The van der Waals surface area contributed by atoms with E-state index in [0.29, 0.717) is 16.9 Å². The van der Waals surface area contributed by atoms with Crippen molar-refractivity contribution in [3.63, 3.8) is 0 Å². The van der Waals surface area contributed by atoms with Crippen molar-refractivity contribution >= 4 is 5.91 Å². The Morgan fingerprint density at radius 2 is 1.17 bits per heavy atom. The van der Waals surface area contributed by atoms with Crippen LogP contribution in [0.1, 0.15) is 67.2 Å². The van der Waals surface area contributed by atoms with Crippen LogP contribution < -0.4 is 0 Å². The maximum absolute atomic E-state index is 13.0. The summed E-state index contributed by atoms with van der Waals surface area (Å²) >= 11 is 0. The smallest absolute Gasteiger partial charge is 0.225 e. The first kappa shape index (κ1) is 24.0. The average Bonchev–Trinajstić information content (AvgIpc) is 2.71. The lowest BCUT2D eigenvalue weighted by Crippen LogP contribution is -2.55. The van der Waals surface area contributed by atoms with E-state index in [0.717, 1.165) is 51.5 Å². The molecule has 2 saturated heterocycles. The molecule has 0 N–H and O–H groups in total. The van der Waals surface area contributed by atoms with Crippen molar-refractivity contribution in [2.24, 2.45) is 17.3 Å². The fourth-order valence-electron chi connectivity index (χ4n) is 5.58. The second kappa shape index (κ2) is 9.87. The number of nitrogens with zero attached hydrogens (tertiary/aromatic N) is 4. The lowest BCUT2D eigenvalue weighted by Gasteiger charge is -2.43. The van der Waals surface area contributed by atoms with Crippen LogP contribution in [0.5, 0.6) is 0 Å². The zero-order valence-electron chi connectivity index (χ0n) is 20.8. The van der Waals surface area contributed by atoms with Crippen molar-refractivity contribution in [1.82, 2.24) is 19.6 Å². The summed E-state index contributed by atoms with van der Waals surface area (Å²) in [6.07, 6.45) is 4.65. The highest BCUT2D eigenvalue weighted by atomic mass is 16.2. The van der Waals surface area contributed by atoms with Crippen molar-refractivity contribution in [2.45, 2.75) is 72.8 Å². The largest absolute Gasteiger partial charge is 0.340 e. The molecule has 5 heteroatoms. The topological polar surface area (TPSA) is 30.0 Å². The van der Waals surface area contributed by atoms with Crippen molar-refractivity contribution in [2.75, 3.05) is 65.4 Å². The summed E-state index contributed by atoms with van der Waals surface area (Å²) in [6, 6.07) is 0. The van der Waals surface area contributed by atoms with E-state index in [1.807, 2.05) is 0 Å². The highest BCUT2D eigenvalue weighted by molar-refractivity contribution is 5.79. The number of amides is 1. The molecule has 174 valence electrons. The van der Waals surface area contributed by atoms with Crippen LogP contribution in [0.3, 0.4) is 0 Å². The number of rotatable bonds is 4. The normalized spacial score (nSPS) is 28.7. The molecule has 1 saturated carbocycles. The van der Waals surface area contributed by atoms with Crippen LogP contribution in [0.2, 0.25) is 0 Å². The van der Waals surface area contributed by atoms with Crippen molar-refractivity contribution in [3.8, 4) is 0 Å². The summed E-state index contributed by atoms with van der Waals surface area (Å²) < 4.78 is 0. The lowest BCUT2D eigenvalue weighted by atomic mass is 9.69. The summed E-state index contributed by atoms with van der Waals surface area (Å²) in [5.41, 5.74) is 0.681. The van der Waals surface area contributed by atoms with Gasteiger partial charge in [0.15, 0.2) is 0 Å². The molecule has 5 nitrogen and oxygen atoms in total. The highest BCUT2D eigenvalue weighted by Gasteiger charge is 2.35. The molecular formula is C25H48N4O. The van der Waals surface area contributed by atoms with E-state index in [-0.39, 0.29) is 5.92 Å². The van der Waals surface area contributed by atoms with Gasteiger partial charge < -0.3 is 4.90 Å². The summed E-state index contributed by atoms with van der Waals surface area (Å²) in [5, 5.41) is 0. The Morgan fingerprint density at radius 1 is 0.700 bits per heavy atom. The summed E-state index contributed by atoms with van der Waals surface area (Å²) in [4.78, 5) is 23.0. The minimum absolute atomic E-state index is 0.286. The second-order valence-electron chi connectivity index (χ2n) is 12.1. The third-order valence-electron chi connectivity index (χ3n) is 8.04. The number of carbonyl (C=O) groups excluding carboxylic acids is 1. The molecule has 0 aromatic carbocycles. The Bertz CT molecular complexity index is 540. The van der Waals surface area contributed by atoms with Crippen LogP contribution >= 0.6 is 0 Å². The number of hydrogen-bond acceptors (Lipinski definition) is 4. The Labute approximate surface area is 186 Å². The lowest BCUT2D eigenvalue weighted by molar-refractivity contribution is -0.139. The number of hydrogen-bond donors (Lipinski definition) is 0. The molecule has 0 aromatic heterocycles.